The van der Waals surface area contributed by atoms with Crippen LogP contribution in [0.5, 0.6) is 0 Å². The lowest BCUT2D eigenvalue weighted by Crippen LogP contribution is -2.43. The topological polar surface area (TPSA) is 53.1 Å². The highest BCUT2D eigenvalue weighted by atomic mass is 15.2. The fourth-order valence-electron chi connectivity index (χ4n) is 2.13. The Labute approximate surface area is 104 Å². The van der Waals surface area contributed by atoms with Gasteiger partial charge in [0.15, 0.2) is 0 Å². The van der Waals surface area contributed by atoms with E-state index in [0.717, 1.165) is 25.9 Å². The molecule has 1 aromatic carbocycles. The van der Waals surface area contributed by atoms with Crippen LogP contribution in [0.1, 0.15) is 32.3 Å². The summed E-state index contributed by atoms with van der Waals surface area (Å²) in [5, 5.41) is 7.66. The van der Waals surface area contributed by atoms with Gasteiger partial charge in [-0.1, -0.05) is 44.2 Å². The van der Waals surface area contributed by atoms with Crippen molar-refractivity contribution in [2.45, 2.75) is 39.3 Å². The number of benzene rings is 1. The fraction of sp³-hybridized carbons (Fsp3) is 0.500. The Morgan fingerprint density at radius 3 is 2.41 bits per heavy atom. The van der Waals surface area contributed by atoms with E-state index in [1.165, 1.54) is 5.56 Å². The van der Waals surface area contributed by atoms with Crippen LogP contribution < -0.4 is 5.73 Å². The lowest BCUT2D eigenvalue weighted by molar-refractivity contribution is 0.227. The molecule has 1 rings (SSSR count). The fourth-order valence-corrected chi connectivity index (χ4v) is 2.13. The third-order valence-electron chi connectivity index (χ3n) is 2.93. The predicted octanol–water partition coefficient (Wildman–Crippen LogP) is 2.61. The third-order valence-corrected chi connectivity index (χ3v) is 2.93. The SMILES string of the molecule is CCCN(Cc1ccccc1)C(CC)C(=N)N. The zero-order chi connectivity index (χ0) is 12.7. The second-order valence-corrected chi connectivity index (χ2v) is 4.34. The van der Waals surface area contributed by atoms with Crippen LogP contribution in [-0.2, 0) is 6.54 Å². The molecule has 1 unspecified atom stereocenters. The monoisotopic (exact) mass is 233 g/mol. The summed E-state index contributed by atoms with van der Waals surface area (Å²) in [4.78, 5) is 2.29. The van der Waals surface area contributed by atoms with Crippen molar-refractivity contribution >= 4 is 5.84 Å². The average Bonchev–Trinajstić information content (AvgIpc) is 2.31. The van der Waals surface area contributed by atoms with Gasteiger partial charge in [-0.3, -0.25) is 10.3 Å². The van der Waals surface area contributed by atoms with Crippen molar-refractivity contribution in [3.05, 3.63) is 35.9 Å². The van der Waals surface area contributed by atoms with E-state index in [2.05, 4.69) is 30.9 Å². The highest BCUT2D eigenvalue weighted by Gasteiger charge is 2.18. The van der Waals surface area contributed by atoms with Gasteiger partial charge < -0.3 is 5.73 Å². The minimum Gasteiger partial charge on any atom is -0.386 e. The number of hydrogen-bond donors (Lipinski definition) is 2. The molecule has 0 saturated heterocycles. The summed E-state index contributed by atoms with van der Waals surface area (Å²) in [6, 6.07) is 10.4. The molecule has 0 aliphatic rings. The number of rotatable bonds is 7. The van der Waals surface area contributed by atoms with E-state index in [-0.39, 0.29) is 11.9 Å². The molecule has 0 saturated carbocycles. The quantitative estimate of drug-likeness (QED) is 0.562. The van der Waals surface area contributed by atoms with Gasteiger partial charge in [0.25, 0.3) is 0 Å². The molecule has 0 bridgehead atoms. The molecule has 3 nitrogen and oxygen atoms in total. The van der Waals surface area contributed by atoms with Crippen LogP contribution in [-0.4, -0.2) is 23.3 Å². The van der Waals surface area contributed by atoms with Crippen LogP contribution in [0.3, 0.4) is 0 Å². The van der Waals surface area contributed by atoms with Crippen molar-refractivity contribution in [3.63, 3.8) is 0 Å². The second-order valence-electron chi connectivity index (χ2n) is 4.34. The van der Waals surface area contributed by atoms with Gasteiger partial charge in [0, 0.05) is 6.54 Å². The zero-order valence-corrected chi connectivity index (χ0v) is 10.8. The van der Waals surface area contributed by atoms with Gasteiger partial charge in [0.05, 0.1) is 6.04 Å². The van der Waals surface area contributed by atoms with Crippen molar-refractivity contribution in [2.75, 3.05) is 6.54 Å². The first-order valence-electron chi connectivity index (χ1n) is 6.30. The molecule has 0 aliphatic carbocycles. The van der Waals surface area contributed by atoms with Crippen molar-refractivity contribution < 1.29 is 0 Å². The summed E-state index contributed by atoms with van der Waals surface area (Å²) in [5.74, 6) is 0.275. The Kier molecular flexibility index (Phi) is 5.70. The van der Waals surface area contributed by atoms with E-state index >= 15 is 0 Å². The van der Waals surface area contributed by atoms with E-state index in [9.17, 15) is 0 Å². The molecule has 1 aromatic rings. The van der Waals surface area contributed by atoms with Gasteiger partial charge in [-0.15, -0.1) is 0 Å². The molecule has 0 radical (unpaired) electrons. The molecule has 17 heavy (non-hydrogen) atoms. The molecule has 0 aromatic heterocycles. The van der Waals surface area contributed by atoms with Gasteiger partial charge in [0.1, 0.15) is 5.84 Å². The van der Waals surface area contributed by atoms with E-state index in [1.54, 1.807) is 0 Å². The molecule has 0 fully saturated rings. The number of nitrogens with two attached hydrogens (primary N) is 1. The number of amidine groups is 1. The summed E-state index contributed by atoms with van der Waals surface area (Å²) in [6.45, 7) is 6.09. The van der Waals surface area contributed by atoms with E-state index in [0.29, 0.717) is 0 Å². The maximum absolute atomic E-state index is 7.66. The Hall–Kier alpha value is -1.35. The standard InChI is InChI=1S/C14H23N3/c1-3-10-17(13(4-2)14(15)16)11-12-8-6-5-7-9-12/h5-9,13H,3-4,10-11H2,1-2H3,(H3,15,16). The first-order chi connectivity index (χ1) is 8.19. The maximum atomic E-state index is 7.66. The van der Waals surface area contributed by atoms with Crippen LogP contribution in [0.25, 0.3) is 0 Å². The molecule has 0 aliphatic heterocycles. The van der Waals surface area contributed by atoms with Crippen LogP contribution >= 0.6 is 0 Å². The summed E-state index contributed by atoms with van der Waals surface area (Å²) < 4.78 is 0. The zero-order valence-electron chi connectivity index (χ0n) is 10.8. The molecular formula is C14H23N3. The van der Waals surface area contributed by atoms with Gasteiger partial charge >= 0.3 is 0 Å². The molecule has 3 N–H and O–H groups in total. The molecular weight excluding hydrogens is 210 g/mol. The van der Waals surface area contributed by atoms with Gasteiger partial charge in [-0.25, -0.2) is 0 Å². The van der Waals surface area contributed by atoms with Crippen molar-refractivity contribution in [2.24, 2.45) is 5.73 Å². The first-order valence-corrected chi connectivity index (χ1v) is 6.30. The highest BCUT2D eigenvalue weighted by molar-refractivity contribution is 5.82. The lowest BCUT2D eigenvalue weighted by Gasteiger charge is -2.30. The van der Waals surface area contributed by atoms with Crippen LogP contribution in [0.2, 0.25) is 0 Å². The number of nitrogens with one attached hydrogen (secondary N) is 1. The summed E-state index contributed by atoms with van der Waals surface area (Å²) in [5.41, 5.74) is 6.95. The highest BCUT2D eigenvalue weighted by Crippen LogP contribution is 2.11. The van der Waals surface area contributed by atoms with E-state index in [1.807, 2.05) is 18.2 Å². The average molecular weight is 233 g/mol. The summed E-state index contributed by atoms with van der Waals surface area (Å²) in [6.07, 6.45) is 1.97. The summed E-state index contributed by atoms with van der Waals surface area (Å²) >= 11 is 0. The third kappa shape index (κ3) is 4.19. The Bertz CT molecular complexity index is 335. The molecule has 0 spiro atoms. The smallest absolute Gasteiger partial charge is 0.108 e. The van der Waals surface area contributed by atoms with Crippen LogP contribution in [0, 0.1) is 5.41 Å². The molecule has 0 amide bonds. The largest absolute Gasteiger partial charge is 0.386 e. The number of nitrogens with zero attached hydrogens (tertiary/aromatic N) is 1. The summed E-state index contributed by atoms with van der Waals surface area (Å²) in [7, 11) is 0. The van der Waals surface area contributed by atoms with Gasteiger partial charge in [-0.2, -0.15) is 0 Å². The van der Waals surface area contributed by atoms with E-state index < -0.39 is 0 Å². The van der Waals surface area contributed by atoms with E-state index in [4.69, 9.17) is 11.1 Å². The van der Waals surface area contributed by atoms with Crippen molar-refractivity contribution in [3.8, 4) is 0 Å². The van der Waals surface area contributed by atoms with Crippen LogP contribution in [0.15, 0.2) is 30.3 Å². The minimum absolute atomic E-state index is 0.0650. The molecule has 94 valence electrons. The van der Waals surface area contributed by atoms with Crippen LogP contribution in [0.4, 0.5) is 0 Å². The minimum atomic E-state index is 0.0650. The predicted molar refractivity (Wildman–Crippen MR) is 73.1 cm³/mol. The van der Waals surface area contributed by atoms with Gasteiger partial charge in [-0.05, 0) is 24.9 Å². The Balaban J connectivity index is 2.75. The van der Waals surface area contributed by atoms with Gasteiger partial charge in [0.2, 0.25) is 0 Å². The maximum Gasteiger partial charge on any atom is 0.108 e. The molecule has 0 heterocycles. The first kappa shape index (κ1) is 13.7. The normalized spacial score (nSPS) is 12.6. The van der Waals surface area contributed by atoms with Crippen molar-refractivity contribution in [1.82, 2.24) is 4.90 Å². The van der Waals surface area contributed by atoms with Crippen molar-refractivity contribution in [1.29, 1.82) is 5.41 Å². The number of hydrogen-bond acceptors (Lipinski definition) is 2. The molecule has 3 heteroatoms. The Morgan fingerprint density at radius 1 is 1.29 bits per heavy atom. The second kappa shape index (κ2) is 7.07. The molecule has 1 atom stereocenters. The Morgan fingerprint density at radius 2 is 1.94 bits per heavy atom. The lowest BCUT2D eigenvalue weighted by atomic mass is 10.1.